The van der Waals surface area contributed by atoms with Gasteiger partial charge in [0, 0.05) is 29.0 Å². The molecule has 3 rings (SSSR count). The van der Waals surface area contributed by atoms with E-state index in [9.17, 15) is 19.8 Å². The predicted octanol–water partition coefficient (Wildman–Crippen LogP) is 3.17. The highest BCUT2D eigenvalue weighted by Gasteiger charge is 2.46. The molecule has 1 aliphatic heterocycles. The van der Waals surface area contributed by atoms with Crippen LogP contribution in [0.1, 0.15) is 43.7 Å². The van der Waals surface area contributed by atoms with Crippen molar-refractivity contribution in [1.82, 2.24) is 0 Å². The zero-order valence-corrected chi connectivity index (χ0v) is 14.0. The van der Waals surface area contributed by atoms with Gasteiger partial charge in [-0.05, 0) is 50.5 Å². The minimum atomic E-state index is -1.08. The number of carboxylic acid groups (broad SMARTS) is 2. The van der Waals surface area contributed by atoms with E-state index in [0.717, 1.165) is 6.08 Å². The van der Waals surface area contributed by atoms with Gasteiger partial charge < -0.3 is 20.1 Å². The van der Waals surface area contributed by atoms with Crippen molar-refractivity contribution in [3.05, 3.63) is 41.0 Å². The zero-order valence-electron chi connectivity index (χ0n) is 14.0. The fourth-order valence-electron chi connectivity index (χ4n) is 3.82. The Labute approximate surface area is 145 Å². The lowest BCUT2D eigenvalue weighted by Gasteiger charge is -2.46. The molecule has 1 aromatic carbocycles. The van der Waals surface area contributed by atoms with Crippen molar-refractivity contribution in [2.45, 2.75) is 38.2 Å². The van der Waals surface area contributed by atoms with Crippen LogP contribution in [0, 0.1) is 5.92 Å². The number of hydrogen-bond acceptors (Lipinski definition) is 4. The molecule has 0 spiro atoms. The minimum absolute atomic E-state index is 0.0177. The van der Waals surface area contributed by atoms with Gasteiger partial charge in [-0.1, -0.05) is 6.08 Å². The highest BCUT2D eigenvalue weighted by molar-refractivity contribution is 5.87. The van der Waals surface area contributed by atoms with Crippen LogP contribution in [0.15, 0.2) is 29.9 Å². The van der Waals surface area contributed by atoms with Crippen LogP contribution in [0.2, 0.25) is 0 Å². The summed E-state index contributed by atoms with van der Waals surface area (Å²) >= 11 is 0. The molecule has 2 aliphatic rings. The molecule has 0 fully saturated rings. The molecule has 0 bridgehead atoms. The average Bonchev–Trinajstić information content (AvgIpc) is 2.51. The highest BCUT2D eigenvalue weighted by atomic mass is 16.5. The Morgan fingerprint density at radius 2 is 2.00 bits per heavy atom. The average molecular weight is 344 g/mol. The third-order valence-electron chi connectivity index (χ3n) is 4.97. The van der Waals surface area contributed by atoms with Gasteiger partial charge in [-0.25, -0.2) is 9.59 Å². The molecule has 0 radical (unpaired) electrons. The predicted molar refractivity (Wildman–Crippen MR) is 90.7 cm³/mol. The fraction of sp³-hybridized carbons (Fsp3) is 0.368. The van der Waals surface area contributed by atoms with Gasteiger partial charge in [0.25, 0.3) is 0 Å². The Morgan fingerprint density at radius 1 is 1.28 bits per heavy atom. The van der Waals surface area contributed by atoms with E-state index in [1.54, 1.807) is 12.1 Å². The third-order valence-corrected chi connectivity index (χ3v) is 4.97. The van der Waals surface area contributed by atoms with Crippen LogP contribution < -0.4 is 4.74 Å². The first-order chi connectivity index (χ1) is 11.7. The van der Waals surface area contributed by atoms with Gasteiger partial charge in [-0.15, -0.1) is 0 Å². The molecule has 6 heteroatoms. The maximum Gasteiger partial charge on any atom is 0.331 e. The molecular weight excluding hydrogens is 324 g/mol. The number of fused-ring (bicyclic) bond motifs is 3. The lowest BCUT2D eigenvalue weighted by molar-refractivity contribution is -0.133. The number of phenols is 1. The van der Waals surface area contributed by atoms with Crippen molar-refractivity contribution in [1.29, 1.82) is 0 Å². The van der Waals surface area contributed by atoms with Crippen LogP contribution in [0.5, 0.6) is 11.5 Å². The van der Waals surface area contributed by atoms with E-state index >= 15 is 0 Å². The van der Waals surface area contributed by atoms with Gasteiger partial charge in [-0.3, -0.25) is 0 Å². The normalized spacial score (nSPS) is 24.0. The van der Waals surface area contributed by atoms with Gasteiger partial charge in [0.15, 0.2) is 0 Å². The van der Waals surface area contributed by atoms with Crippen LogP contribution >= 0.6 is 0 Å². The monoisotopic (exact) mass is 344 g/mol. The summed E-state index contributed by atoms with van der Waals surface area (Å²) in [4.78, 5) is 22.1. The summed E-state index contributed by atoms with van der Waals surface area (Å²) in [5.41, 5.74) is 0.889. The van der Waals surface area contributed by atoms with E-state index in [0.29, 0.717) is 35.3 Å². The van der Waals surface area contributed by atoms with Crippen molar-refractivity contribution in [2.24, 2.45) is 5.92 Å². The molecule has 2 unspecified atom stereocenters. The lowest BCUT2D eigenvalue weighted by Crippen LogP contribution is -2.45. The number of ether oxygens (including phenoxy) is 1. The lowest BCUT2D eigenvalue weighted by atomic mass is 9.67. The van der Waals surface area contributed by atoms with Crippen molar-refractivity contribution >= 4 is 18.0 Å². The summed E-state index contributed by atoms with van der Waals surface area (Å²) in [5, 5.41) is 28.6. The first-order valence-corrected chi connectivity index (χ1v) is 8.10. The summed E-state index contributed by atoms with van der Waals surface area (Å²) < 4.78 is 6.09. The molecule has 0 aromatic heterocycles. The number of aromatic hydroxyl groups is 1. The van der Waals surface area contributed by atoms with Crippen LogP contribution in [0.25, 0.3) is 6.08 Å². The standard InChI is InChI=1S/C19H20O6/c1-19(2)13-5-4-11(18(23)24)9-12(13)17-14(20)7-10(3-6-16(21)22)8-15(17)25-19/h3,6-9,12-13,20H,4-5H2,1-2H3,(H,21,22)(H,23,24). The number of benzene rings is 1. The van der Waals surface area contributed by atoms with Gasteiger partial charge in [0.1, 0.15) is 17.1 Å². The Morgan fingerprint density at radius 3 is 2.64 bits per heavy atom. The molecule has 3 N–H and O–H groups in total. The topological polar surface area (TPSA) is 104 Å². The van der Waals surface area contributed by atoms with E-state index in [1.165, 1.54) is 12.1 Å². The number of rotatable bonds is 3. The number of phenolic OH excluding ortho intramolecular Hbond substituents is 1. The van der Waals surface area contributed by atoms with E-state index in [1.807, 2.05) is 13.8 Å². The fourth-order valence-corrected chi connectivity index (χ4v) is 3.82. The van der Waals surface area contributed by atoms with E-state index in [4.69, 9.17) is 9.84 Å². The largest absolute Gasteiger partial charge is 0.507 e. The Balaban J connectivity index is 2.12. The number of hydrogen-bond donors (Lipinski definition) is 3. The van der Waals surface area contributed by atoms with Crippen LogP contribution in [-0.2, 0) is 9.59 Å². The van der Waals surface area contributed by atoms with Crippen LogP contribution in [0.4, 0.5) is 0 Å². The summed E-state index contributed by atoms with van der Waals surface area (Å²) in [6, 6.07) is 3.15. The maximum absolute atomic E-state index is 11.4. The second-order valence-electron chi connectivity index (χ2n) is 7.00. The molecule has 25 heavy (non-hydrogen) atoms. The van der Waals surface area contributed by atoms with Crippen molar-refractivity contribution in [3.8, 4) is 11.5 Å². The van der Waals surface area contributed by atoms with E-state index < -0.39 is 17.5 Å². The van der Waals surface area contributed by atoms with Gasteiger partial charge >= 0.3 is 11.9 Å². The molecular formula is C19H20O6. The van der Waals surface area contributed by atoms with Crippen molar-refractivity contribution in [3.63, 3.8) is 0 Å². The van der Waals surface area contributed by atoms with Gasteiger partial charge in [-0.2, -0.15) is 0 Å². The first-order valence-electron chi connectivity index (χ1n) is 8.10. The summed E-state index contributed by atoms with van der Waals surface area (Å²) in [5.74, 6) is -1.79. The second kappa shape index (κ2) is 5.95. The second-order valence-corrected chi connectivity index (χ2v) is 7.00. The number of aliphatic carboxylic acids is 2. The Hall–Kier alpha value is -2.76. The highest BCUT2D eigenvalue weighted by Crippen LogP contribution is 2.53. The molecule has 6 nitrogen and oxygen atoms in total. The molecule has 0 saturated heterocycles. The molecule has 1 aromatic rings. The first kappa shape index (κ1) is 17.1. The maximum atomic E-state index is 11.4. The molecule has 0 amide bonds. The van der Waals surface area contributed by atoms with Crippen LogP contribution in [-0.4, -0.2) is 32.9 Å². The van der Waals surface area contributed by atoms with E-state index in [-0.39, 0.29) is 17.6 Å². The number of allylic oxidation sites excluding steroid dienone is 1. The summed E-state index contributed by atoms with van der Waals surface area (Å²) in [6.45, 7) is 3.90. The molecule has 2 atom stereocenters. The number of carboxylic acids is 2. The van der Waals surface area contributed by atoms with Crippen LogP contribution in [0.3, 0.4) is 0 Å². The van der Waals surface area contributed by atoms with Crippen molar-refractivity contribution in [2.75, 3.05) is 0 Å². The Kier molecular flexibility index (Phi) is 4.06. The zero-order chi connectivity index (χ0) is 18.4. The SMILES string of the molecule is CC1(C)Oc2cc(C=CC(=O)O)cc(O)c2C2C=C(C(=O)O)CCC21. The van der Waals surface area contributed by atoms with Crippen molar-refractivity contribution < 1.29 is 29.6 Å². The smallest absolute Gasteiger partial charge is 0.331 e. The quantitative estimate of drug-likeness (QED) is 0.728. The van der Waals surface area contributed by atoms with E-state index in [2.05, 4.69) is 0 Å². The minimum Gasteiger partial charge on any atom is -0.507 e. The summed E-state index contributed by atoms with van der Waals surface area (Å²) in [6.07, 6.45) is 5.21. The van der Waals surface area contributed by atoms with Gasteiger partial charge in [0.05, 0.1) is 0 Å². The molecule has 0 saturated carbocycles. The molecule has 1 heterocycles. The third kappa shape index (κ3) is 3.12. The summed E-state index contributed by atoms with van der Waals surface area (Å²) in [7, 11) is 0. The van der Waals surface area contributed by atoms with Gasteiger partial charge in [0.2, 0.25) is 0 Å². The Bertz CT molecular complexity index is 802. The number of carbonyl (C=O) groups is 2. The molecule has 1 aliphatic carbocycles. The molecule has 132 valence electrons.